The van der Waals surface area contributed by atoms with E-state index in [1.54, 1.807) is 0 Å². The van der Waals surface area contributed by atoms with E-state index in [1.807, 2.05) is 24.3 Å². The number of benzene rings is 2. The van der Waals surface area contributed by atoms with Crippen LogP contribution in [0.3, 0.4) is 0 Å². The van der Waals surface area contributed by atoms with E-state index < -0.39 is 0 Å². The molecule has 0 saturated carbocycles. The topological polar surface area (TPSA) is 56.8 Å². The third-order valence-corrected chi connectivity index (χ3v) is 7.55. The number of piperazine rings is 1. The fraction of sp³-hybridized carbons (Fsp3) is 0.419. The molecule has 1 saturated heterocycles. The minimum absolute atomic E-state index is 0.596. The standard InChI is InChI=1S/C31H37N5O/c1-22(2)9-14-26-24(4)27(21-32)30-33-28-7-5-6-8-29(28)36(30)31(26)35-17-15-34(16-18-35)19-20-37-25-12-10-23(3)11-13-25/h5-8,10-13,22H,9,14-20H2,1-4H3. The van der Waals surface area contributed by atoms with Gasteiger partial charge in [0.2, 0.25) is 0 Å². The Morgan fingerprint density at radius 1 is 1.00 bits per heavy atom. The highest BCUT2D eigenvalue weighted by molar-refractivity contribution is 5.86. The molecule has 0 N–H and O–H groups in total. The van der Waals surface area contributed by atoms with Crippen LogP contribution in [0.5, 0.6) is 5.75 Å². The molecule has 0 spiro atoms. The largest absolute Gasteiger partial charge is 0.492 e. The summed E-state index contributed by atoms with van der Waals surface area (Å²) in [6.45, 7) is 14.2. The Morgan fingerprint density at radius 3 is 2.43 bits per heavy atom. The molecule has 1 fully saturated rings. The zero-order chi connectivity index (χ0) is 25.9. The minimum Gasteiger partial charge on any atom is -0.492 e. The van der Waals surface area contributed by atoms with Crippen molar-refractivity contribution >= 4 is 22.5 Å². The van der Waals surface area contributed by atoms with Gasteiger partial charge in [0.15, 0.2) is 5.65 Å². The second-order valence-corrected chi connectivity index (χ2v) is 10.6. The number of rotatable bonds is 8. The first-order chi connectivity index (χ1) is 18.0. The lowest BCUT2D eigenvalue weighted by molar-refractivity contribution is 0.200. The molecule has 2 aromatic heterocycles. The van der Waals surface area contributed by atoms with Crippen molar-refractivity contribution in [2.24, 2.45) is 5.92 Å². The van der Waals surface area contributed by atoms with Crippen LogP contribution in [-0.2, 0) is 6.42 Å². The predicted octanol–water partition coefficient (Wildman–Crippen LogP) is 5.77. The first-order valence-corrected chi connectivity index (χ1v) is 13.5. The van der Waals surface area contributed by atoms with Crippen LogP contribution in [0.1, 0.15) is 42.5 Å². The van der Waals surface area contributed by atoms with Gasteiger partial charge in [-0.15, -0.1) is 0 Å². The molecule has 1 aliphatic rings. The molecular formula is C31H37N5O. The zero-order valence-electron chi connectivity index (χ0n) is 22.5. The number of hydrogen-bond donors (Lipinski definition) is 0. The summed E-state index contributed by atoms with van der Waals surface area (Å²) in [5, 5.41) is 10.1. The Morgan fingerprint density at radius 2 is 1.73 bits per heavy atom. The summed E-state index contributed by atoms with van der Waals surface area (Å²) in [7, 11) is 0. The maximum Gasteiger partial charge on any atom is 0.157 e. The molecule has 0 bridgehead atoms. The Kier molecular flexibility index (Phi) is 7.34. The fourth-order valence-corrected chi connectivity index (χ4v) is 5.34. The molecule has 0 aliphatic carbocycles. The van der Waals surface area contributed by atoms with Gasteiger partial charge in [-0.25, -0.2) is 4.98 Å². The molecule has 37 heavy (non-hydrogen) atoms. The van der Waals surface area contributed by atoms with Crippen molar-refractivity contribution in [3.05, 3.63) is 70.8 Å². The highest BCUT2D eigenvalue weighted by Crippen LogP contribution is 2.35. The maximum atomic E-state index is 10.1. The average molecular weight is 496 g/mol. The lowest BCUT2D eigenvalue weighted by Gasteiger charge is -2.37. The molecule has 6 nitrogen and oxygen atoms in total. The Balaban J connectivity index is 1.42. The number of ether oxygens (including phenoxy) is 1. The lowest BCUT2D eigenvalue weighted by Crippen LogP contribution is -2.48. The Bertz CT molecular complexity index is 1420. The van der Waals surface area contributed by atoms with Crippen molar-refractivity contribution in [1.82, 2.24) is 14.3 Å². The highest BCUT2D eigenvalue weighted by atomic mass is 16.5. The van der Waals surface area contributed by atoms with Gasteiger partial charge in [0, 0.05) is 32.7 Å². The summed E-state index contributed by atoms with van der Waals surface area (Å²) in [5.41, 5.74) is 7.10. The van der Waals surface area contributed by atoms with Crippen LogP contribution in [0.25, 0.3) is 16.7 Å². The third-order valence-electron chi connectivity index (χ3n) is 7.55. The number of fused-ring (bicyclic) bond motifs is 3. The smallest absolute Gasteiger partial charge is 0.157 e. The van der Waals surface area contributed by atoms with Gasteiger partial charge >= 0.3 is 0 Å². The van der Waals surface area contributed by atoms with E-state index in [1.165, 1.54) is 16.9 Å². The Labute approximate surface area is 220 Å². The van der Waals surface area contributed by atoms with E-state index in [-0.39, 0.29) is 0 Å². The van der Waals surface area contributed by atoms with E-state index in [0.717, 1.165) is 73.6 Å². The number of para-hydroxylation sites is 2. The number of nitriles is 1. The summed E-state index contributed by atoms with van der Waals surface area (Å²) < 4.78 is 8.24. The van der Waals surface area contributed by atoms with E-state index in [9.17, 15) is 5.26 Å². The van der Waals surface area contributed by atoms with E-state index in [0.29, 0.717) is 18.1 Å². The molecule has 4 aromatic rings. The summed E-state index contributed by atoms with van der Waals surface area (Å²) in [5.74, 6) is 2.75. The number of hydrogen-bond acceptors (Lipinski definition) is 5. The lowest BCUT2D eigenvalue weighted by atomic mass is 9.96. The van der Waals surface area contributed by atoms with Crippen LogP contribution in [0.15, 0.2) is 48.5 Å². The molecule has 3 heterocycles. The summed E-state index contributed by atoms with van der Waals surface area (Å²) >= 11 is 0. The van der Waals surface area contributed by atoms with Gasteiger partial charge in [-0.05, 0) is 68.0 Å². The number of pyridine rings is 1. The SMILES string of the molecule is Cc1ccc(OCCN2CCN(c3c(CCC(C)C)c(C)c(C#N)c4nc5ccccc5n34)CC2)cc1. The molecule has 2 aromatic carbocycles. The molecule has 5 rings (SSSR count). The second kappa shape index (κ2) is 10.8. The molecule has 0 unspecified atom stereocenters. The quantitative estimate of drug-likeness (QED) is 0.311. The van der Waals surface area contributed by atoms with Crippen molar-refractivity contribution in [2.75, 3.05) is 44.2 Å². The summed E-state index contributed by atoms with van der Waals surface area (Å²) in [4.78, 5) is 9.92. The average Bonchev–Trinajstić information content (AvgIpc) is 3.28. The molecule has 192 valence electrons. The maximum absolute atomic E-state index is 10.1. The highest BCUT2D eigenvalue weighted by Gasteiger charge is 2.26. The van der Waals surface area contributed by atoms with Crippen LogP contribution in [-0.4, -0.2) is 53.6 Å². The second-order valence-electron chi connectivity index (χ2n) is 10.6. The van der Waals surface area contributed by atoms with Crippen molar-refractivity contribution < 1.29 is 4.74 Å². The minimum atomic E-state index is 0.596. The monoisotopic (exact) mass is 495 g/mol. The van der Waals surface area contributed by atoms with Crippen LogP contribution < -0.4 is 9.64 Å². The van der Waals surface area contributed by atoms with Crippen LogP contribution in [0.2, 0.25) is 0 Å². The van der Waals surface area contributed by atoms with E-state index >= 15 is 0 Å². The van der Waals surface area contributed by atoms with Crippen molar-refractivity contribution in [3.63, 3.8) is 0 Å². The number of aryl methyl sites for hydroxylation is 1. The van der Waals surface area contributed by atoms with Gasteiger partial charge in [0.05, 0.1) is 16.6 Å². The number of anilines is 1. The number of imidazole rings is 1. The van der Waals surface area contributed by atoms with Crippen LogP contribution in [0.4, 0.5) is 5.82 Å². The molecule has 0 radical (unpaired) electrons. The van der Waals surface area contributed by atoms with Gasteiger partial charge in [0.25, 0.3) is 0 Å². The van der Waals surface area contributed by atoms with Gasteiger partial charge in [-0.2, -0.15) is 5.26 Å². The number of aromatic nitrogens is 2. The normalized spacial score (nSPS) is 14.5. The Hall–Kier alpha value is -3.56. The first kappa shape index (κ1) is 25.1. The molecule has 6 heteroatoms. The molecule has 1 aliphatic heterocycles. The van der Waals surface area contributed by atoms with Crippen LogP contribution in [0, 0.1) is 31.1 Å². The zero-order valence-corrected chi connectivity index (χ0v) is 22.5. The van der Waals surface area contributed by atoms with E-state index in [4.69, 9.17) is 9.72 Å². The molecular weight excluding hydrogens is 458 g/mol. The number of nitrogens with zero attached hydrogens (tertiary/aromatic N) is 5. The summed E-state index contributed by atoms with van der Waals surface area (Å²) in [6, 6.07) is 19.0. The van der Waals surface area contributed by atoms with Crippen molar-refractivity contribution in [2.45, 2.75) is 40.5 Å². The van der Waals surface area contributed by atoms with Gasteiger partial charge in [-0.1, -0.05) is 43.7 Å². The predicted molar refractivity (Wildman–Crippen MR) is 151 cm³/mol. The van der Waals surface area contributed by atoms with Gasteiger partial charge in [0.1, 0.15) is 24.2 Å². The fourth-order valence-electron chi connectivity index (χ4n) is 5.34. The molecule has 0 atom stereocenters. The van der Waals surface area contributed by atoms with Crippen molar-refractivity contribution in [3.8, 4) is 11.8 Å². The van der Waals surface area contributed by atoms with Gasteiger partial charge < -0.3 is 9.64 Å². The first-order valence-electron chi connectivity index (χ1n) is 13.5. The van der Waals surface area contributed by atoms with Crippen LogP contribution >= 0.6 is 0 Å². The third kappa shape index (κ3) is 5.14. The van der Waals surface area contributed by atoms with Crippen molar-refractivity contribution in [1.29, 1.82) is 5.26 Å². The van der Waals surface area contributed by atoms with E-state index in [2.05, 4.69) is 72.2 Å². The molecule has 0 amide bonds. The van der Waals surface area contributed by atoms with Gasteiger partial charge in [-0.3, -0.25) is 9.30 Å². The summed E-state index contributed by atoms with van der Waals surface area (Å²) in [6.07, 6.45) is 2.05.